The van der Waals surface area contributed by atoms with E-state index in [1.54, 1.807) is 0 Å². The summed E-state index contributed by atoms with van der Waals surface area (Å²) in [6.45, 7) is 2.17. The van der Waals surface area contributed by atoms with Crippen LogP contribution >= 0.6 is 0 Å². The second-order valence-electron chi connectivity index (χ2n) is 5.25. The van der Waals surface area contributed by atoms with Crippen LogP contribution in [-0.4, -0.2) is 4.98 Å². The quantitative estimate of drug-likeness (QED) is 0.861. The SMILES string of the molecule is CCc1cccnc1C(N)CC1CCCCC1. The smallest absolute Gasteiger partial charge is 0.0602 e. The number of hydrogen-bond donors (Lipinski definition) is 1. The second kappa shape index (κ2) is 6.15. The average molecular weight is 232 g/mol. The zero-order valence-electron chi connectivity index (χ0n) is 10.9. The van der Waals surface area contributed by atoms with Crippen LogP contribution in [0.1, 0.15) is 62.7 Å². The van der Waals surface area contributed by atoms with E-state index >= 15 is 0 Å². The number of aryl methyl sites for hydroxylation is 1. The van der Waals surface area contributed by atoms with Crippen molar-refractivity contribution in [1.82, 2.24) is 4.98 Å². The maximum Gasteiger partial charge on any atom is 0.0602 e. The van der Waals surface area contributed by atoms with Crippen molar-refractivity contribution in [2.75, 3.05) is 0 Å². The van der Waals surface area contributed by atoms with Gasteiger partial charge in [-0.2, -0.15) is 0 Å². The van der Waals surface area contributed by atoms with Gasteiger partial charge in [0, 0.05) is 12.2 Å². The van der Waals surface area contributed by atoms with Crippen LogP contribution in [0.4, 0.5) is 0 Å². The number of hydrogen-bond acceptors (Lipinski definition) is 2. The lowest BCUT2D eigenvalue weighted by Crippen LogP contribution is -2.19. The molecule has 0 radical (unpaired) electrons. The van der Waals surface area contributed by atoms with Crippen LogP contribution in [-0.2, 0) is 6.42 Å². The fraction of sp³-hybridized carbons (Fsp3) is 0.667. The molecule has 17 heavy (non-hydrogen) atoms. The van der Waals surface area contributed by atoms with E-state index in [-0.39, 0.29) is 6.04 Å². The van der Waals surface area contributed by atoms with Gasteiger partial charge >= 0.3 is 0 Å². The first-order valence-electron chi connectivity index (χ1n) is 7.00. The Labute approximate surface area is 105 Å². The van der Waals surface area contributed by atoms with Crippen LogP contribution in [0.5, 0.6) is 0 Å². The van der Waals surface area contributed by atoms with Gasteiger partial charge in [0.2, 0.25) is 0 Å². The third kappa shape index (κ3) is 3.29. The van der Waals surface area contributed by atoms with Gasteiger partial charge in [-0.05, 0) is 30.4 Å². The molecule has 1 aromatic heterocycles. The van der Waals surface area contributed by atoms with E-state index in [1.807, 2.05) is 12.3 Å². The lowest BCUT2D eigenvalue weighted by atomic mass is 9.84. The highest BCUT2D eigenvalue weighted by Gasteiger charge is 2.19. The monoisotopic (exact) mass is 232 g/mol. The summed E-state index contributed by atoms with van der Waals surface area (Å²) in [6.07, 6.45) is 10.9. The topological polar surface area (TPSA) is 38.9 Å². The first-order valence-corrected chi connectivity index (χ1v) is 7.00. The number of nitrogens with zero attached hydrogens (tertiary/aromatic N) is 1. The molecule has 1 aromatic rings. The van der Waals surface area contributed by atoms with Crippen molar-refractivity contribution in [3.05, 3.63) is 29.6 Å². The Balaban J connectivity index is 2.00. The van der Waals surface area contributed by atoms with Crippen LogP contribution in [0, 0.1) is 5.92 Å². The van der Waals surface area contributed by atoms with Crippen LogP contribution in [0.15, 0.2) is 18.3 Å². The highest BCUT2D eigenvalue weighted by Crippen LogP contribution is 2.31. The number of nitrogens with two attached hydrogens (primary N) is 1. The predicted molar refractivity (Wildman–Crippen MR) is 71.7 cm³/mol. The molecule has 2 N–H and O–H groups in total. The Morgan fingerprint density at radius 3 is 2.82 bits per heavy atom. The van der Waals surface area contributed by atoms with Gasteiger partial charge in [0.05, 0.1) is 5.69 Å². The normalized spacial score (nSPS) is 19.2. The number of aromatic nitrogens is 1. The maximum absolute atomic E-state index is 6.34. The zero-order valence-corrected chi connectivity index (χ0v) is 10.9. The summed E-state index contributed by atoms with van der Waals surface area (Å²) >= 11 is 0. The van der Waals surface area contributed by atoms with Crippen molar-refractivity contribution in [3.8, 4) is 0 Å². The molecule has 1 heterocycles. The van der Waals surface area contributed by atoms with Crippen LogP contribution in [0.2, 0.25) is 0 Å². The van der Waals surface area contributed by atoms with E-state index in [2.05, 4.69) is 18.0 Å². The molecule has 1 fully saturated rings. The molecule has 2 nitrogen and oxygen atoms in total. The van der Waals surface area contributed by atoms with Crippen LogP contribution in [0.3, 0.4) is 0 Å². The molecular weight excluding hydrogens is 208 g/mol. The Morgan fingerprint density at radius 1 is 1.35 bits per heavy atom. The van der Waals surface area contributed by atoms with E-state index in [0.717, 1.165) is 24.5 Å². The Kier molecular flexibility index (Phi) is 4.55. The summed E-state index contributed by atoms with van der Waals surface area (Å²) in [4.78, 5) is 4.49. The van der Waals surface area contributed by atoms with Crippen LogP contribution in [0.25, 0.3) is 0 Å². The van der Waals surface area contributed by atoms with Gasteiger partial charge in [0.15, 0.2) is 0 Å². The lowest BCUT2D eigenvalue weighted by Gasteiger charge is -2.25. The first-order chi connectivity index (χ1) is 8.31. The van der Waals surface area contributed by atoms with Crippen molar-refractivity contribution in [2.24, 2.45) is 11.7 Å². The summed E-state index contributed by atoms with van der Waals surface area (Å²) < 4.78 is 0. The summed E-state index contributed by atoms with van der Waals surface area (Å²) in [5.74, 6) is 0.825. The lowest BCUT2D eigenvalue weighted by molar-refractivity contribution is 0.317. The van der Waals surface area contributed by atoms with Crippen LogP contribution < -0.4 is 5.73 Å². The van der Waals surface area contributed by atoms with Gasteiger partial charge in [0.1, 0.15) is 0 Å². The highest BCUT2D eigenvalue weighted by molar-refractivity contribution is 5.22. The van der Waals surface area contributed by atoms with Crippen molar-refractivity contribution in [3.63, 3.8) is 0 Å². The molecule has 2 rings (SSSR count). The second-order valence-corrected chi connectivity index (χ2v) is 5.25. The summed E-state index contributed by atoms with van der Waals surface area (Å²) in [5, 5.41) is 0. The van der Waals surface area contributed by atoms with Gasteiger partial charge < -0.3 is 5.73 Å². The van der Waals surface area contributed by atoms with Gasteiger partial charge in [-0.1, -0.05) is 45.1 Å². The minimum absolute atomic E-state index is 0.134. The molecule has 0 saturated heterocycles. The first kappa shape index (κ1) is 12.6. The van der Waals surface area contributed by atoms with Gasteiger partial charge in [-0.15, -0.1) is 0 Å². The fourth-order valence-corrected chi connectivity index (χ4v) is 2.98. The molecule has 0 aromatic carbocycles. The van der Waals surface area contributed by atoms with E-state index in [0.29, 0.717) is 0 Å². The molecule has 1 aliphatic rings. The van der Waals surface area contributed by atoms with Crippen molar-refractivity contribution >= 4 is 0 Å². The fourth-order valence-electron chi connectivity index (χ4n) is 2.98. The Morgan fingerprint density at radius 2 is 2.12 bits per heavy atom. The van der Waals surface area contributed by atoms with Gasteiger partial charge in [-0.3, -0.25) is 4.98 Å². The molecule has 1 atom stereocenters. The third-order valence-corrected chi connectivity index (χ3v) is 3.97. The summed E-state index contributed by atoms with van der Waals surface area (Å²) in [5.41, 5.74) is 8.78. The Bertz CT molecular complexity index is 343. The summed E-state index contributed by atoms with van der Waals surface area (Å²) in [7, 11) is 0. The molecule has 1 saturated carbocycles. The third-order valence-electron chi connectivity index (χ3n) is 3.97. The minimum Gasteiger partial charge on any atom is -0.323 e. The standard InChI is InChI=1S/C15H24N2/c1-2-13-9-6-10-17-15(13)14(16)11-12-7-4-3-5-8-12/h6,9-10,12,14H,2-5,7-8,11,16H2,1H3. The van der Waals surface area contributed by atoms with Crippen molar-refractivity contribution in [2.45, 2.75) is 57.9 Å². The Hall–Kier alpha value is -0.890. The molecule has 94 valence electrons. The molecule has 0 spiro atoms. The molecule has 2 heteroatoms. The van der Waals surface area contributed by atoms with E-state index in [9.17, 15) is 0 Å². The number of rotatable bonds is 4. The molecule has 0 bridgehead atoms. The molecule has 0 aliphatic heterocycles. The zero-order chi connectivity index (χ0) is 12.1. The van der Waals surface area contributed by atoms with Crippen molar-refractivity contribution in [1.29, 1.82) is 0 Å². The molecular formula is C15H24N2. The van der Waals surface area contributed by atoms with Crippen molar-refractivity contribution < 1.29 is 0 Å². The molecule has 1 unspecified atom stereocenters. The highest BCUT2D eigenvalue weighted by atomic mass is 14.8. The van der Waals surface area contributed by atoms with Gasteiger partial charge in [0.25, 0.3) is 0 Å². The summed E-state index contributed by atoms with van der Waals surface area (Å²) in [6, 6.07) is 4.30. The predicted octanol–water partition coefficient (Wildman–Crippen LogP) is 3.61. The maximum atomic E-state index is 6.34. The minimum atomic E-state index is 0.134. The van der Waals surface area contributed by atoms with E-state index in [4.69, 9.17) is 5.73 Å². The van der Waals surface area contributed by atoms with E-state index < -0.39 is 0 Å². The van der Waals surface area contributed by atoms with E-state index in [1.165, 1.54) is 37.7 Å². The average Bonchev–Trinajstić information content (AvgIpc) is 2.40. The molecule has 0 amide bonds. The van der Waals surface area contributed by atoms with Gasteiger partial charge in [-0.25, -0.2) is 0 Å². The number of pyridine rings is 1. The largest absolute Gasteiger partial charge is 0.323 e. The molecule has 1 aliphatic carbocycles.